The van der Waals surface area contributed by atoms with Gasteiger partial charge in [0.25, 0.3) is 11.5 Å². The monoisotopic (exact) mass is 683 g/mol. The van der Waals surface area contributed by atoms with E-state index in [-0.39, 0.29) is 17.1 Å². The topological polar surface area (TPSA) is 295 Å². The highest BCUT2D eigenvalue weighted by atomic mass is 79.9. The normalized spacial score (nSPS) is 39.2. The second kappa shape index (κ2) is 9.65. The summed E-state index contributed by atoms with van der Waals surface area (Å²) in [7, 11) is 0. The van der Waals surface area contributed by atoms with Gasteiger partial charge in [0.1, 0.15) is 47.7 Å². The van der Waals surface area contributed by atoms with E-state index in [1.807, 2.05) is 4.98 Å². The number of nitrogens with one attached hydrogen (secondary N) is 4. The van der Waals surface area contributed by atoms with E-state index in [9.17, 15) is 59.7 Å². The molecule has 1 aliphatic carbocycles. The molecule has 2 aromatic rings. The van der Waals surface area contributed by atoms with Crippen LogP contribution in [0.5, 0.6) is 0 Å². The van der Waals surface area contributed by atoms with Crippen LogP contribution >= 0.6 is 15.9 Å². The summed E-state index contributed by atoms with van der Waals surface area (Å²) in [5.74, 6) is -6.96. The Balaban J connectivity index is 1.60. The number of aromatic nitrogens is 2. The highest BCUT2D eigenvalue weighted by Crippen LogP contribution is 2.59. The molecule has 2 fully saturated rings. The number of benzene rings is 1. The van der Waals surface area contributed by atoms with Gasteiger partial charge < -0.3 is 51.1 Å². The van der Waals surface area contributed by atoms with E-state index in [4.69, 9.17) is 4.74 Å². The number of aliphatic hydroxyl groups is 7. The molecule has 4 heterocycles. The first kappa shape index (κ1) is 30.3. The number of halogens is 1. The number of aliphatic hydroxyl groups excluding tert-OH is 5. The van der Waals surface area contributed by atoms with Gasteiger partial charge in [0.2, 0.25) is 5.91 Å². The molecule has 1 saturated heterocycles. The zero-order valence-corrected chi connectivity index (χ0v) is 24.0. The van der Waals surface area contributed by atoms with Crippen LogP contribution in [0.25, 0.3) is 0 Å². The van der Waals surface area contributed by atoms with Crippen molar-refractivity contribution in [3.8, 4) is 0 Å². The van der Waals surface area contributed by atoms with Gasteiger partial charge in [0.05, 0.1) is 6.54 Å². The Morgan fingerprint density at radius 1 is 0.977 bits per heavy atom. The summed E-state index contributed by atoms with van der Waals surface area (Å²) < 4.78 is 5.80. The molecule has 3 aliphatic heterocycles. The fourth-order valence-electron chi connectivity index (χ4n) is 6.82. The fraction of sp³-hybridized carbons (Fsp3) is 0.480. The van der Waals surface area contributed by atoms with Crippen LogP contribution in [0.2, 0.25) is 0 Å². The third kappa shape index (κ3) is 3.68. The third-order valence-corrected chi connectivity index (χ3v) is 9.40. The molecule has 4 aliphatic rings. The van der Waals surface area contributed by atoms with Gasteiger partial charge in [-0.05, 0) is 24.6 Å². The van der Waals surface area contributed by atoms with E-state index in [1.54, 1.807) is 0 Å². The van der Waals surface area contributed by atoms with Gasteiger partial charge in [-0.25, -0.2) is 4.79 Å². The Bertz CT molecular complexity index is 1710. The predicted molar refractivity (Wildman–Crippen MR) is 147 cm³/mol. The van der Waals surface area contributed by atoms with Crippen molar-refractivity contribution in [3.05, 3.63) is 49.1 Å². The molecule has 1 aromatic carbocycles. The van der Waals surface area contributed by atoms with Crippen LogP contribution in [0.4, 0.5) is 17.2 Å². The molecule has 236 valence electrons. The molecule has 11 N–H and O–H groups in total. The van der Waals surface area contributed by atoms with Crippen molar-refractivity contribution in [3.63, 3.8) is 0 Å². The summed E-state index contributed by atoms with van der Waals surface area (Å²) in [6.07, 6.45) is -12.8. The second-order valence-corrected chi connectivity index (χ2v) is 12.2. The summed E-state index contributed by atoms with van der Waals surface area (Å²) in [4.78, 5) is 71.9. The number of fused-ring (bicyclic) bond motifs is 5. The van der Waals surface area contributed by atoms with E-state index in [0.717, 1.165) is 6.92 Å². The number of esters is 1. The minimum absolute atomic E-state index is 0.0188. The van der Waals surface area contributed by atoms with Crippen molar-refractivity contribution in [2.45, 2.75) is 60.3 Å². The average Bonchev–Trinajstić information content (AvgIpc) is 3.23. The Hall–Kier alpha value is -3.69. The van der Waals surface area contributed by atoms with Gasteiger partial charge >= 0.3 is 11.7 Å². The van der Waals surface area contributed by atoms with Gasteiger partial charge in [-0.1, -0.05) is 22.0 Å². The Labute approximate surface area is 253 Å². The van der Waals surface area contributed by atoms with Crippen LogP contribution in [0.1, 0.15) is 12.5 Å². The predicted octanol–water partition coefficient (Wildman–Crippen LogP) is -4.73. The largest absolute Gasteiger partial charge is 0.456 e. The highest BCUT2D eigenvalue weighted by Gasteiger charge is 2.79. The number of aromatic amines is 2. The van der Waals surface area contributed by atoms with Gasteiger partial charge in [-0.2, -0.15) is 0 Å². The molecular weight excluding hydrogens is 658 g/mol. The summed E-state index contributed by atoms with van der Waals surface area (Å²) in [6.45, 7) is 0.0310. The number of ether oxygens (including phenoxy) is 1. The summed E-state index contributed by atoms with van der Waals surface area (Å²) in [5, 5.41) is 80.9. The molecule has 1 spiro atoms. The number of hydrogen-bond donors (Lipinski definition) is 11. The Morgan fingerprint density at radius 2 is 1.59 bits per heavy atom. The zero-order chi connectivity index (χ0) is 32.3. The number of hydrogen-bond acceptors (Lipinski definition) is 14. The molecule has 44 heavy (non-hydrogen) atoms. The first-order valence-electron chi connectivity index (χ1n) is 13.1. The number of carbonyl (C=O) groups excluding carboxylic acids is 3. The maximum absolute atomic E-state index is 14.3. The second-order valence-electron chi connectivity index (χ2n) is 11.3. The van der Waals surface area contributed by atoms with Crippen molar-refractivity contribution < 1.29 is 54.9 Å². The zero-order valence-electron chi connectivity index (χ0n) is 22.4. The number of H-pyrrole nitrogens is 2. The molecule has 6 rings (SSSR count). The molecule has 19 heteroatoms. The lowest BCUT2D eigenvalue weighted by Crippen LogP contribution is -2.83. The van der Waals surface area contributed by atoms with Crippen LogP contribution in [-0.4, -0.2) is 118 Å². The lowest BCUT2D eigenvalue weighted by Gasteiger charge is -2.59. The number of amides is 2. The molecule has 10 atom stereocenters. The number of carbonyl (C=O) groups is 3. The smallest absolute Gasteiger partial charge is 0.327 e. The van der Waals surface area contributed by atoms with Crippen LogP contribution in [0.3, 0.4) is 0 Å². The molecule has 18 nitrogen and oxygen atoms in total. The summed E-state index contributed by atoms with van der Waals surface area (Å²) >= 11 is 3.24. The summed E-state index contributed by atoms with van der Waals surface area (Å²) in [5.41, 5.74) is -11.7. The SMILES string of the molecule is C[C@@]1(O)C(=O)N2c3c([nH]c(=O)[nH]c3=O)NC[C@@]2(O)[C@H](C(=O)OC2[C@@H](O)[C@H](O)C(O)[C@@H](O)[C@H]2O)[C@]12C(=O)Nc1cc(Br)ccc12. The standard InChI is InChI=1S/C25H26BrN5O13/c1-23(42)21(40)31-9-17(29-22(41)30-18(9)37)27-5-24(31,43)16(25(23)7-3-2-6(26)4-8(7)28-20(25)39)19(38)44-15-13(35)11(33)10(32)12(34)14(15)36/h2-4,10-16,32-36,42-43H,5H2,1H3,(H,28,39)(H3,27,29,30,37,41)/t10?,11-,12-,13-,14+,15?,16+,23-,24-,25-/m1/s1. The van der Waals surface area contributed by atoms with Crippen LogP contribution in [0.15, 0.2) is 32.3 Å². The van der Waals surface area contributed by atoms with E-state index >= 15 is 0 Å². The van der Waals surface area contributed by atoms with E-state index in [0.29, 0.717) is 9.37 Å². The molecule has 2 unspecified atom stereocenters. The molecular formula is C25H26BrN5O13. The van der Waals surface area contributed by atoms with Gasteiger partial charge in [0.15, 0.2) is 23.1 Å². The number of anilines is 3. The summed E-state index contributed by atoms with van der Waals surface area (Å²) in [6, 6.07) is 4.11. The number of β-amino-alcohol motifs (C(OH)–C–C–N with tert-alkyl or cyclic N) is 1. The molecule has 0 radical (unpaired) electrons. The van der Waals surface area contributed by atoms with Gasteiger partial charge in [-0.15, -0.1) is 0 Å². The molecule has 1 aromatic heterocycles. The van der Waals surface area contributed by atoms with Crippen molar-refractivity contribution >= 4 is 50.9 Å². The Kier molecular flexibility index (Phi) is 6.66. The van der Waals surface area contributed by atoms with Gasteiger partial charge in [0, 0.05) is 10.2 Å². The first-order valence-corrected chi connectivity index (χ1v) is 13.9. The minimum atomic E-state index is -2.96. The van der Waals surface area contributed by atoms with Crippen LogP contribution in [0, 0.1) is 5.92 Å². The fourth-order valence-corrected chi connectivity index (χ4v) is 7.18. The van der Waals surface area contributed by atoms with Crippen molar-refractivity contribution in [1.82, 2.24) is 9.97 Å². The first-order chi connectivity index (χ1) is 20.5. The quantitative estimate of drug-likeness (QED) is 0.133. The number of piperidine rings is 1. The highest BCUT2D eigenvalue weighted by molar-refractivity contribution is 9.10. The molecule has 2 amide bonds. The third-order valence-electron chi connectivity index (χ3n) is 8.91. The lowest BCUT2D eigenvalue weighted by molar-refractivity contribution is -0.242. The van der Waals surface area contributed by atoms with Crippen LogP contribution < -0.4 is 26.8 Å². The van der Waals surface area contributed by atoms with Crippen molar-refractivity contribution in [1.29, 1.82) is 0 Å². The average molecular weight is 684 g/mol. The van der Waals surface area contributed by atoms with Crippen LogP contribution in [-0.2, 0) is 24.5 Å². The number of rotatable bonds is 2. The molecule has 0 bridgehead atoms. The van der Waals surface area contributed by atoms with E-state index in [2.05, 4.69) is 31.5 Å². The molecule has 1 saturated carbocycles. The maximum atomic E-state index is 14.3. The number of nitrogens with zero attached hydrogens (tertiary/aromatic N) is 1. The van der Waals surface area contributed by atoms with Crippen molar-refractivity contribution in [2.75, 3.05) is 22.1 Å². The Morgan fingerprint density at radius 3 is 2.23 bits per heavy atom. The van der Waals surface area contributed by atoms with E-state index < -0.39 is 101 Å². The van der Waals surface area contributed by atoms with E-state index in [1.165, 1.54) is 18.2 Å². The lowest BCUT2D eigenvalue weighted by atomic mass is 9.54. The minimum Gasteiger partial charge on any atom is -0.456 e. The van der Waals surface area contributed by atoms with Gasteiger partial charge in [-0.3, -0.25) is 34.0 Å². The van der Waals surface area contributed by atoms with Crippen molar-refractivity contribution in [2.24, 2.45) is 5.92 Å². The maximum Gasteiger partial charge on any atom is 0.327 e.